The first-order valence-corrected chi connectivity index (χ1v) is 4.46. The minimum atomic E-state index is -0.215. The highest BCUT2D eigenvalue weighted by atomic mass is 19.1. The van der Waals surface area contributed by atoms with Crippen LogP contribution in [0.3, 0.4) is 0 Å². The number of methoxy groups -OCH3 is 1. The Bertz CT molecular complexity index is 462. The molecule has 0 saturated heterocycles. The zero-order valence-electron chi connectivity index (χ0n) is 8.25. The smallest absolute Gasteiger partial charge is 0.125 e. The summed E-state index contributed by atoms with van der Waals surface area (Å²) in [5.74, 6) is -0.215. The zero-order chi connectivity index (χ0) is 10.1. The Balaban J connectivity index is 2.66. The average Bonchev–Trinajstić information content (AvgIpc) is 2.45. The van der Waals surface area contributed by atoms with E-state index in [4.69, 9.17) is 4.74 Å². The molecule has 1 heterocycles. The molecule has 0 fully saturated rings. The summed E-state index contributed by atoms with van der Waals surface area (Å²) >= 11 is 0. The number of halogens is 1. The maximum atomic E-state index is 13.0. The summed E-state index contributed by atoms with van der Waals surface area (Å²) in [6.45, 7) is 2.44. The molecule has 0 bridgehead atoms. The van der Waals surface area contributed by atoms with Gasteiger partial charge in [-0.1, -0.05) is 0 Å². The monoisotopic (exact) mass is 193 g/mol. The summed E-state index contributed by atoms with van der Waals surface area (Å²) in [4.78, 5) is 0. The molecule has 0 radical (unpaired) electrons. The first-order valence-electron chi connectivity index (χ1n) is 4.46. The molecule has 0 aliphatic heterocycles. The molecule has 2 aromatic rings. The van der Waals surface area contributed by atoms with Gasteiger partial charge in [-0.25, -0.2) is 4.39 Å². The summed E-state index contributed by atoms with van der Waals surface area (Å²) in [6, 6.07) is 6.80. The molecule has 0 aliphatic carbocycles. The van der Waals surface area contributed by atoms with E-state index in [0.29, 0.717) is 6.73 Å². The molecule has 0 N–H and O–H groups in total. The highest BCUT2D eigenvalue weighted by molar-refractivity contribution is 5.81. The van der Waals surface area contributed by atoms with Gasteiger partial charge in [0, 0.05) is 18.2 Å². The number of fused-ring (bicyclic) bond motifs is 1. The maximum Gasteiger partial charge on any atom is 0.125 e. The van der Waals surface area contributed by atoms with Crippen molar-refractivity contribution in [1.29, 1.82) is 0 Å². The van der Waals surface area contributed by atoms with Crippen molar-refractivity contribution in [2.45, 2.75) is 13.7 Å². The molecule has 1 aromatic carbocycles. The second-order valence-electron chi connectivity index (χ2n) is 3.33. The topological polar surface area (TPSA) is 14.2 Å². The van der Waals surface area contributed by atoms with Crippen LogP contribution in [0.25, 0.3) is 10.9 Å². The van der Waals surface area contributed by atoms with E-state index >= 15 is 0 Å². The second-order valence-corrected chi connectivity index (χ2v) is 3.33. The van der Waals surface area contributed by atoms with Crippen molar-refractivity contribution >= 4 is 10.9 Å². The van der Waals surface area contributed by atoms with E-state index in [2.05, 4.69) is 0 Å². The number of hydrogen-bond acceptors (Lipinski definition) is 1. The quantitative estimate of drug-likeness (QED) is 0.715. The van der Waals surface area contributed by atoms with Gasteiger partial charge >= 0.3 is 0 Å². The summed E-state index contributed by atoms with van der Waals surface area (Å²) < 4.78 is 20.0. The van der Waals surface area contributed by atoms with E-state index in [-0.39, 0.29) is 5.82 Å². The van der Waals surface area contributed by atoms with Gasteiger partial charge < -0.3 is 9.30 Å². The van der Waals surface area contributed by atoms with Gasteiger partial charge in [-0.15, -0.1) is 0 Å². The molecule has 2 rings (SSSR count). The fourth-order valence-corrected chi connectivity index (χ4v) is 1.67. The second kappa shape index (κ2) is 3.42. The number of rotatable bonds is 2. The predicted octanol–water partition coefficient (Wildman–Crippen LogP) is 2.69. The third-order valence-corrected chi connectivity index (χ3v) is 2.33. The van der Waals surface area contributed by atoms with Crippen LogP contribution in [-0.4, -0.2) is 11.7 Å². The summed E-state index contributed by atoms with van der Waals surface area (Å²) in [5, 5.41) is 1.04. The number of aromatic nitrogens is 1. The molecular formula is C11H12FNO. The zero-order valence-corrected chi connectivity index (χ0v) is 8.25. The van der Waals surface area contributed by atoms with E-state index in [1.807, 2.05) is 17.6 Å². The van der Waals surface area contributed by atoms with Crippen LogP contribution >= 0.6 is 0 Å². The lowest BCUT2D eigenvalue weighted by Gasteiger charge is -2.05. The molecule has 2 nitrogen and oxygen atoms in total. The third kappa shape index (κ3) is 1.40. The normalized spacial score (nSPS) is 11.1. The lowest BCUT2D eigenvalue weighted by Crippen LogP contribution is -2.01. The number of nitrogens with zero attached hydrogens (tertiary/aromatic N) is 1. The van der Waals surface area contributed by atoms with Crippen LogP contribution in [0.15, 0.2) is 24.3 Å². The first kappa shape index (κ1) is 9.21. The molecule has 0 unspecified atom stereocenters. The number of ether oxygens (including phenoxy) is 1. The molecule has 3 heteroatoms. The van der Waals surface area contributed by atoms with Crippen LogP contribution in [0.5, 0.6) is 0 Å². The summed E-state index contributed by atoms with van der Waals surface area (Å²) in [5.41, 5.74) is 1.96. The number of hydrogen-bond donors (Lipinski definition) is 0. The van der Waals surface area contributed by atoms with Gasteiger partial charge in [0.1, 0.15) is 12.5 Å². The molecule has 0 saturated carbocycles. The van der Waals surface area contributed by atoms with Gasteiger partial charge in [0.2, 0.25) is 0 Å². The van der Waals surface area contributed by atoms with Gasteiger partial charge in [0.15, 0.2) is 0 Å². The number of aryl methyl sites for hydroxylation is 1. The summed E-state index contributed by atoms with van der Waals surface area (Å²) in [7, 11) is 1.63. The van der Waals surface area contributed by atoms with Crippen molar-refractivity contribution in [2.75, 3.05) is 7.11 Å². The standard InChI is InChI=1S/C11H12FNO/c1-8-5-9-3-4-10(12)6-11(9)13(8)7-14-2/h3-6H,7H2,1-2H3. The Morgan fingerprint density at radius 3 is 2.86 bits per heavy atom. The van der Waals surface area contributed by atoms with E-state index in [9.17, 15) is 4.39 Å². The van der Waals surface area contributed by atoms with Crippen LogP contribution in [0.2, 0.25) is 0 Å². The van der Waals surface area contributed by atoms with Crippen LogP contribution in [0.4, 0.5) is 4.39 Å². The van der Waals surface area contributed by atoms with Crippen molar-refractivity contribution in [2.24, 2.45) is 0 Å². The molecule has 0 aliphatic rings. The first-order chi connectivity index (χ1) is 6.72. The highest BCUT2D eigenvalue weighted by Crippen LogP contribution is 2.20. The number of benzene rings is 1. The molecule has 14 heavy (non-hydrogen) atoms. The van der Waals surface area contributed by atoms with Crippen molar-refractivity contribution in [3.63, 3.8) is 0 Å². The van der Waals surface area contributed by atoms with Crippen LogP contribution in [0.1, 0.15) is 5.69 Å². The van der Waals surface area contributed by atoms with Gasteiger partial charge in [-0.3, -0.25) is 0 Å². The van der Waals surface area contributed by atoms with Gasteiger partial charge in [0.05, 0.1) is 5.52 Å². The Morgan fingerprint density at radius 1 is 1.36 bits per heavy atom. The van der Waals surface area contributed by atoms with Crippen molar-refractivity contribution in [1.82, 2.24) is 4.57 Å². The lowest BCUT2D eigenvalue weighted by molar-refractivity contribution is 0.133. The van der Waals surface area contributed by atoms with E-state index < -0.39 is 0 Å². The minimum Gasteiger partial charge on any atom is -0.364 e. The SMILES string of the molecule is COCn1c(C)cc2ccc(F)cc21. The minimum absolute atomic E-state index is 0.215. The van der Waals surface area contributed by atoms with Gasteiger partial charge in [-0.2, -0.15) is 0 Å². The van der Waals surface area contributed by atoms with E-state index in [0.717, 1.165) is 16.6 Å². The van der Waals surface area contributed by atoms with Crippen molar-refractivity contribution < 1.29 is 9.13 Å². The van der Waals surface area contributed by atoms with Crippen LogP contribution < -0.4 is 0 Å². The highest BCUT2D eigenvalue weighted by Gasteiger charge is 2.05. The summed E-state index contributed by atoms with van der Waals surface area (Å²) in [6.07, 6.45) is 0. The fourth-order valence-electron chi connectivity index (χ4n) is 1.67. The maximum absolute atomic E-state index is 13.0. The Kier molecular flexibility index (Phi) is 2.25. The predicted molar refractivity (Wildman–Crippen MR) is 53.6 cm³/mol. The Morgan fingerprint density at radius 2 is 2.14 bits per heavy atom. The molecule has 0 atom stereocenters. The van der Waals surface area contributed by atoms with Crippen LogP contribution in [0, 0.1) is 12.7 Å². The van der Waals surface area contributed by atoms with E-state index in [1.165, 1.54) is 12.1 Å². The molecule has 0 spiro atoms. The lowest BCUT2D eigenvalue weighted by atomic mass is 10.2. The largest absolute Gasteiger partial charge is 0.364 e. The van der Waals surface area contributed by atoms with Crippen molar-refractivity contribution in [3.8, 4) is 0 Å². The average molecular weight is 193 g/mol. The fraction of sp³-hybridized carbons (Fsp3) is 0.273. The molecule has 0 amide bonds. The third-order valence-electron chi connectivity index (χ3n) is 2.33. The molecular weight excluding hydrogens is 181 g/mol. The van der Waals surface area contributed by atoms with Crippen molar-refractivity contribution in [3.05, 3.63) is 35.8 Å². The Labute approximate surface area is 81.9 Å². The molecule has 74 valence electrons. The Hall–Kier alpha value is -1.35. The van der Waals surface area contributed by atoms with Gasteiger partial charge in [-0.05, 0) is 31.2 Å². The molecule has 1 aromatic heterocycles. The van der Waals surface area contributed by atoms with Gasteiger partial charge in [0.25, 0.3) is 0 Å². The van der Waals surface area contributed by atoms with Crippen LogP contribution in [-0.2, 0) is 11.5 Å². The van der Waals surface area contributed by atoms with E-state index in [1.54, 1.807) is 13.2 Å².